The summed E-state index contributed by atoms with van der Waals surface area (Å²) in [6.45, 7) is 1.36. The molecular formula is C11H17N5O. The molecule has 0 radical (unpaired) electrons. The molecule has 1 unspecified atom stereocenters. The van der Waals surface area contributed by atoms with E-state index in [1.165, 1.54) is 0 Å². The first-order valence-electron chi connectivity index (χ1n) is 5.58. The van der Waals surface area contributed by atoms with Crippen molar-refractivity contribution in [2.24, 2.45) is 5.73 Å². The van der Waals surface area contributed by atoms with E-state index in [2.05, 4.69) is 15.4 Å². The van der Waals surface area contributed by atoms with Crippen molar-refractivity contribution < 1.29 is 4.74 Å². The number of hydrogen-bond acceptors (Lipinski definition) is 5. The highest BCUT2D eigenvalue weighted by Crippen LogP contribution is 2.05. The third kappa shape index (κ3) is 3.15. The molecule has 0 saturated heterocycles. The normalized spacial score (nSPS) is 12.8. The van der Waals surface area contributed by atoms with Crippen LogP contribution in [0.5, 0.6) is 0 Å². The Morgan fingerprint density at radius 1 is 1.53 bits per heavy atom. The lowest BCUT2D eigenvalue weighted by Gasteiger charge is -2.11. The van der Waals surface area contributed by atoms with Gasteiger partial charge in [-0.1, -0.05) is 0 Å². The van der Waals surface area contributed by atoms with Crippen LogP contribution in [-0.2, 0) is 4.74 Å². The van der Waals surface area contributed by atoms with Gasteiger partial charge < -0.3 is 15.8 Å². The predicted octanol–water partition coefficient (Wildman–Crippen LogP) is 0.505. The van der Waals surface area contributed by atoms with E-state index < -0.39 is 0 Å². The van der Waals surface area contributed by atoms with Gasteiger partial charge in [0, 0.05) is 32.0 Å². The molecule has 0 bridgehead atoms. The minimum absolute atomic E-state index is 0.0613. The number of anilines is 1. The Morgan fingerprint density at radius 3 is 3.24 bits per heavy atom. The molecule has 0 aliphatic heterocycles. The quantitative estimate of drug-likeness (QED) is 0.762. The maximum Gasteiger partial charge on any atom is 0.157 e. The van der Waals surface area contributed by atoms with Crippen LogP contribution in [0.3, 0.4) is 0 Å². The molecule has 1 atom stereocenters. The molecule has 2 rings (SSSR count). The van der Waals surface area contributed by atoms with Crippen LogP contribution in [-0.4, -0.2) is 40.9 Å². The zero-order chi connectivity index (χ0) is 12.1. The molecule has 2 aromatic rings. The lowest BCUT2D eigenvalue weighted by Crippen LogP contribution is -2.28. The van der Waals surface area contributed by atoms with Crippen LogP contribution in [0.4, 0.5) is 5.82 Å². The van der Waals surface area contributed by atoms with Gasteiger partial charge in [-0.2, -0.15) is 5.10 Å². The first-order valence-corrected chi connectivity index (χ1v) is 5.58. The van der Waals surface area contributed by atoms with Crippen LogP contribution in [0.1, 0.15) is 6.42 Å². The van der Waals surface area contributed by atoms with Crippen molar-refractivity contribution >= 4 is 11.5 Å². The number of nitrogens with zero attached hydrogens (tertiary/aromatic N) is 3. The number of methoxy groups -OCH3 is 1. The number of nitrogens with two attached hydrogens (primary N) is 1. The highest BCUT2D eigenvalue weighted by Gasteiger charge is 2.02. The Hall–Kier alpha value is -1.66. The van der Waals surface area contributed by atoms with Crippen molar-refractivity contribution in [3.63, 3.8) is 0 Å². The van der Waals surface area contributed by atoms with E-state index in [9.17, 15) is 0 Å². The molecule has 6 heteroatoms. The summed E-state index contributed by atoms with van der Waals surface area (Å²) in [7, 11) is 1.66. The average Bonchev–Trinajstić information content (AvgIpc) is 2.76. The van der Waals surface area contributed by atoms with Crippen LogP contribution in [0.25, 0.3) is 5.65 Å². The van der Waals surface area contributed by atoms with Crippen molar-refractivity contribution in [1.82, 2.24) is 14.6 Å². The van der Waals surface area contributed by atoms with Gasteiger partial charge in [0.1, 0.15) is 5.82 Å². The predicted molar refractivity (Wildman–Crippen MR) is 65.9 cm³/mol. The van der Waals surface area contributed by atoms with E-state index >= 15 is 0 Å². The second kappa shape index (κ2) is 5.60. The summed E-state index contributed by atoms with van der Waals surface area (Å²) in [5, 5.41) is 7.31. The fourth-order valence-corrected chi connectivity index (χ4v) is 1.59. The van der Waals surface area contributed by atoms with E-state index in [-0.39, 0.29) is 6.04 Å². The van der Waals surface area contributed by atoms with Crippen LogP contribution in [0.15, 0.2) is 24.5 Å². The van der Waals surface area contributed by atoms with Gasteiger partial charge >= 0.3 is 0 Å². The van der Waals surface area contributed by atoms with Gasteiger partial charge in [-0.3, -0.25) is 0 Å². The zero-order valence-electron chi connectivity index (χ0n) is 9.84. The number of hydrogen-bond donors (Lipinski definition) is 2. The topological polar surface area (TPSA) is 77.5 Å². The van der Waals surface area contributed by atoms with Gasteiger partial charge in [-0.15, -0.1) is 0 Å². The van der Waals surface area contributed by atoms with Crippen LogP contribution in [0.2, 0.25) is 0 Å². The molecule has 0 aliphatic rings. The van der Waals surface area contributed by atoms with Crippen LogP contribution < -0.4 is 11.1 Å². The summed E-state index contributed by atoms with van der Waals surface area (Å²) < 4.78 is 6.70. The Bertz CT molecular complexity index is 470. The van der Waals surface area contributed by atoms with E-state index in [0.717, 1.165) is 24.4 Å². The fraction of sp³-hybridized carbons (Fsp3) is 0.455. The standard InChI is InChI=1S/C11H17N5O/c1-17-8-9(12)2-5-13-10-4-7-16-11(15-10)3-6-14-16/h3-4,6-7,9H,2,5,8,12H2,1H3,(H,13,15). The van der Waals surface area contributed by atoms with Gasteiger partial charge in [0.25, 0.3) is 0 Å². The van der Waals surface area contributed by atoms with Crippen LogP contribution in [0, 0.1) is 0 Å². The maximum atomic E-state index is 5.82. The van der Waals surface area contributed by atoms with Gasteiger partial charge in [0.2, 0.25) is 0 Å². The van der Waals surface area contributed by atoms with E-state index in [4.69, 9.17) is 10.5 Å². The molecule has 17 heavy (non-hydrogen) atoms. The van der Waals surface area contributed by atoms with Crippen molar-refractivity contribution in [2.45, 2.75) is 12.5 Å². The largest absolute Gasteiger partial charge is 0.383 e. The highest BCUT2D eigenvalue weighted by molar-refractivity contribution is 5.45. The van der Waals surface area contributed by atoms with Crippen molar-refractivity contribution in [1.29, 1.82) is 0 Å². The molecule has 2 aromatic heterocycles. The third-order valence-electron chi connectivity index (χ3n) is 2.46. The van der Waals surface area contributed by atoms with Gasteiger partial charge in [-0.25, -0.2) is 9.50 Å². The molecule has 0 fully saturated rings. The molecule has 92 valence electrons. The second-order valence-electron chi connectivity index (χ2n) is 3.88. The number of nitrogens with one attached hydrogen (secondary N) is 1. The summed E-state index contributed by atoms with van der Waals surface area (Å²) >= 11 is 0. The molecular weight excluding hydrogens is 218 g/mol. The Morgan fingerprint density at radius 2 is 2.41 bits per heavy atom. The molecule has 0 amide bonds. The smallest absolute Gasteiger partial charge is 0.157 e. The fourth-order valence-electron chi connectivity index (χ4n) is 1.59. The minimum Gasteiger partial charge on any atom is -0.383 e. The number of rotatable bonds is 6. The summed E-state index contributed by atoms with van der Waals surface area (Å²) in [5.41, 5.74) is 6.65. The van der Waals surface area contributed by atoms with E-state index in [1.54, 1.807) is 17.8 Å². The second-order valence-corrected chi connectivity index (χ2v) is 3.88. The summed E-state index contributed by atoms with van der Waals surface area (Å²) in [4.78, 5) is 4.40. The highest BCUT2D eigenvalue weighted by atomic mass is 16.5. The summed E-state index contributed by atoms with van der Waals surface area (Å²) in [6, 6.07) is 3.81. The lowest BCUT2D eigenvalue weighted by molar-refractivity contribution is 0.178. The summed E-state index contributed by atoms with van der Waals surface area (Å²) in [6.07, 6.45) is 4.44. The molecule has 6 nitrogen and oxygen atoms in total. The number of fused-ring (bicyclic) bond motifs is 1. The molecule has 0 spiro atoms. The molecule has 0 aliphatic carbocycles. The first-order chi connectivity index (χ1) is 8.29. The third-order valence-corrected chi connectivity index (χ3v) is 2.46. The van der Waals surface area contributed by atoms with Gasteiger partial charge in [0.05, 0.1) is 12.8 Å². The Kier molecular flexibility index (Phi) is 3.89. The number of ether oxygens (including phenoxy) is 1. The van der Waals surface area contributed by atoms with E-state index in [1.807, 2.05) is 18.3 Å². The van der Waals surface area contributed by atoms with Crippen molar-refractivity contribution in [3.8, 4) is 0 Å². The molecule has 3 N–H and O–H groups in total. The molecule has 0 saturated carbocycles. The number of aromatic nitrogens is 3. The van der Waals surface area contributed by atoms with E-state index in [0.29, 0.717) is 6.61 Å². The first kappa shape index (κ1) is 11.8. The van der Waals surface area contributed by atoms with Gasteiger partial charge in [0.15, 0.2) is 5.65 Å². The maximum absolute atomic E-state index is 5.82. The molecule has 0 aromatic carbocycles. The summed E-state index contributed by atoms with van der Waals surface area (Å²) in [5.74, 6) is 0.836. The van der Waals surface area contributed by atoms with Gasteiger partial charge in [-0.05, 0) is 12.5 Å². The monoisotopic (exact) mass is 235 g/mol. The minimum atomic E-state index is 0.0613. The van der Waals surface area contributed by atoms with Crippen molar-refractivity contribution in [2.75, 3.05) is 25.6 Å². The zero-order valence-corrected chi connectivity index (χ0v) is 9.84. The van der Waals surface area contributed by atoms with Crippen molar-refractivity contribution in [3.05, 3.63) is 24.5 Å². The average molecular weight is 235 g/mol. The Labute approximate surface area is 99.8 Å². The Balaban J connectivity index is 1.86. The SMILES string of the molecule is COCC(N)CCNc1ccn2nccc2n1. The van der Waals surface area contributed by atoms with Crippen LogP contribution >= 0.6 is 0 Å². The molecule has 2 heterocycles. The lowest BCUT2D eigenvalue weighted by atomic mass is 10.2.